The van der Waals surface area contributed by atoms with Crippen molar-refractivity contribution in [2.75, 3.05) is 0 Å². The second kappa shape index (κ2) is 8.78. The van der Waals surface area contributed by atoms with Crippen LogP contribution in [0, 0.1) is 0 Å². The van der Waals surface area contributed by atoms with Crippen LogP contribution in [0.15, 0.2) is 83.9 Å². The molecule has 130 valence electrons. The van der Waals surface area contributed by atoms with Gasteiger partial charge in [-0.25, -0.2) is 0 Å². The Morgan fingerprint density at radius 1 is 0.885 bits per heavy atom. The zero-order chi connectivity index (χ0) is 18.2. The third-order valence-corrected chi connectivity index (χ3v) is 4.47. The summed E-state index contributed by atoms with van der Waals surface area (Å²) in [5.74, 6) is -0.644. The molecule has 0 unspecified atom stereocenters. The minimum atomic E-state index is -0.327. The Morgan fingerprint density at radius 2 is 1.58 bits per heavy atom. The molecule has 2 amide bonds. The first kappa shape index (κ1) is 17.6. The van der Waals surface area contributed by atoms with Gasteiger partial charge < -0.3 is 10.6 Å². The molecule has 0 radical (unpaired) electrons. The van der Waals surface area contributed by atoms with E-state index in [0.29, 0.717) is 12.1 Å². The number of carbonyl (C=O) groups is 2. The SMILES string of the molecule is O=C(NCc1ccccc1)/C(=C/c1cccs1)NC(=O)c1ccccc1. The molecule has 0 aliphatic heterocycles. The summed E-state index contributed by atoms with van der Waals surface area (Å²) in [6.45, 7) is 0.392. The van der Waals surface area contributed by atoms with E-state index in [2.05, 4.69) is 10.6 Å². The lowest BCUT2D eigenvalue weighted by atomic mass is 10.2. The van der Waals surface area contributed by atoms with Crippen molar-refractivity contribution in [2.45, 2.75) is 6.54 Å². The number of carbonyl (C=O) groups excluding carboxylic acids is 2. The van der Waals surface area contributed by atoms with Crippen LogP contribution in [0.2, 0.25) is 0 Å². The van der Waals surface area contributed by atoms with Gasteiger partial charge in [0, 0.05) is 17.0 Å². The molecule has 0 saturated carbocycles. The highest BCUT2D eigenvalue weighted by Crippen LogP contribution is 2.13. The van der Waals surface area contributed by atoms with E-state index in [0.717, 1.165) is 10.4 Å². The second-order valence-electron chi connectivity index (χ2n) is 5.56. The van der Waals surface area contributed by atoms with Gasteiger partial charge in [-0.2, -0.15) is 0 Å². The van der Waals surface area contributed by atoms with E-state index in [4.69, 9.17) is 0 Å². The van der Waals surface area contributed by atoms with E-state index in [-0.39, 0.29) is 17.5 Å². The number of hydrogen-bond acceptors (Lipinski definition) is 3. The Labute approximate surface area is 156 Å². The summed E-state index contributed by atoms with van der Waals surface area (Å²) in [7, 11) is 0. The largest absolute Gasteiger partial charge is 0.347 e. The van der Waals surface area contributed by atoms with Crippen LogP contribution in [0.25, 0.3) is 6.08 Å². The molecule has 0 spiro atoms. The lowest BCUT2D eigenvalue weighted by Crippen LogP contribution is -2.34. The molecule has 2 aromatic carbocycles. The summed E-state index contributed by atoms with van der Waals surface area (Å²) in [5, 5.41) is 7.50. The number of amides is 2. The average Bonchev–Trinajstić information content (AvgIpc) is 3.20. The smallest absolute Gasteiger partial charge is 0.268 e. The van der Waals surface area contributed by atoms with E-state index in [1.54, 1.807) is 30.3 Å². The molecular formula is C21H18N2O2S. The molecule has 3 rings (SSSR count). The first-order chi connectivity index (χ1) is 12.7. The van der Waals surface area contributed by atoms with Gasteiger partial charge in [0.2, 0.25) is 0 Å². The van der Waals surface area contributed by atoms with Crippen molar-refractivity contribution in [3.8, 4) is 0 Å². The van der Waals surface area contributed by atoms with Crippen molar-refractivity contribution < 1.29 is 9.59 Å². The third kappa shape index (κ3) is 4.91. The zero-order valence-electron chi connectivity index (χ0n) is 14.0. The van der Waals surface area contributed by atoms with Crippen LogP contribution in [0.1, 0.15) is 20.8 Å². The van der Waals surface area contributed by atoms with Gasteiger partial charge in [0.15, 0.2) is 0 Å². The monoisotopic (exact) mass is 362 g/mol. The van der Waals surface area contributed by atoms with Gasteiger partial charge in [-0.3, -0.25) is 9.59 Å². The number of nitrogens with one attached hydrogen (secondary N) is 2. The molecule has 0 aliphatic rings. The number of thiophene rings is 1. The first-order valence-electron chi connectivity index (χ1n) is 8.16. The molecule has 26 heavy (non-hydrogen) atoms. The molecule has 3 aromatic rings. The molecule has 0 bridgehead atoms. The summed E-state index contributed by atoms with van der Waals surface area (Å²) >= 11 is 1.50. The predicted molar refractivity (Wildman–Crippen MR) is 104 cm³/mol. The quantitative estimate of drug-likeness (QED) is 0.655. The van der Waals surface area contributed by atoms with Crippen LogP contribution in [-0.4, -0.2) is 11.8 Å². The third-order valence-electron chi connectivity index (χ3n) is 3.65. The van der Waals surface area contributed by atoms with Crippen LogP contribution in [0.5, 0.6) is 0 Å². The molecule has 0 atom stereocenters. The van der Waals surface area contributed by atoms with Gasteiger partial charge in [-0.05, 0) is 35.2 Å². The maximum atomic E-state index is 12.6. The van der Waals surface area contributed by atoms with Crippen LogP contribution < -0.4 is 10.6 Å². The van der Waals surface area contributed by atoms with Crippen LogP contribution in [0.4, 0.5) is 0 Å². The Hall–Kier alpha value is -3.18. The van der Waals surface area contributed by atoms with E-state index in [9.17, 15) is 9.59 Å². The Bertz CT molecular complexity index is 888. The van der Waals surface area contributed by atoms with Crippen molar-refractivity contribution in [1.29, 1.82) is 0 Å². The summed E-state index contributed by atoms with van der Waals surface area (Å²) in [6.07, 6.45) is 1.69. The topological polar surface area (TPSA) is 58.2 Å². The van der Waals surface area contributed by atoms with Crippen molar-refractivity contribution in [3.63, 3.8) is 0 Å². The van der Waals surface area contributed by atoms with Gasteiger partial charge >= 0.3 is 0 Å². The highest BCUT2D eigenvalue weighted by atomic mass is 32.1. The maximum absolute atomic E-state index is 12.6. The predicted octanol–water partition coefficient (Wildman–Crippen LogP) is 3.84. The summed E-state index contributed by atoms with van der Waals surface area (Å²) < 4.78 is 0. The van der Waals surface area contributed by atoms with Gasteiger partial charge in [-0.15, -0.1) is 11.3 Å². The van der Waals surface area contributed by atoms with Crippen molar-refractivity contribution in [2.24, 2.45) is 0 Å². The lowest BCUT2D eigenvalue weighted by molar-refractivity contribution is -0.117. The molecule has 4 nitrogen and oxygen atoms in total. The van der Waals surface area contributed by atoms with Crippen molar-refractivity contribution in [1.82, 2.24) is 10.6 Å². The number of rotatable bonds is 6. The van der Waals surface area contributed by atoms with Crippen molar-refractivity contribution in [3.05, 3.63) is 99.9 Å². The molecule has 1 aromatic heterocycles. The highest BCUT2D eigenvalue weighted by Gasteiger charge is 2.14. The van der Waals surface area contributed by atoms with E-state index >= 15 is 0 Å². The van der Waals surface area contributed by atoms with Gasteiger partial charge in [0.1, 0.15) is 5.70 Å². The molecule has 5 heteroatoms. The first-order valence-corrected chi connectivity index (χ1v) is 9.04. The molecule has 1 heterocycles. The summed E-state index contributed by atoms with van der Waals surface area (Å²) in [4.78, 5) is 25.9. The van der Waals surface area contributed by atoms with Gasteiger partial charge in [-0.1, -0.05) is 54.6 Å². The fourth-order valence-corrected chi connectivity index (χ4v) is 2.99. The van der Waals surface area contributed by atoms with Crippen LogP contribution in [0.3, 0.4) is 0 Å². The fourth-order valence-electron chi connectivity index (χ4n) is 2.33. The summed E-state index contributed by atoms with van der Waals surface area (Å²) in [6, 6.07) is 22.2. The standard InChI is InChI=1S/C21H18N2O2S/c24-20(17-10-5-2-6-11-17)23-19(14-18-12-7-13-26-18)21(25)22-15-16-8-3-1-4-9-16/h1-14H,15H2,(H,22,25)(H,23,24)/b19-14-. The minimum Gasteiger partial charge on any atom is -0.347 e. The van der Waals surface area contributed by atoms with Gasteiger partial charge in [0.25, 0.3) is 11.8 Å². The van der Waals surface area contributed by atoms with Crippen LogP contribution >= 0.6 is 11.3 Å². The fraction of sp³-hybridized carbons (Fsp3) is 0.0476. The van der Waals surface area contributed by atoms with E-state index in [1.165, 1.54) is 11.3 Å². The second-order valence-corrected chi connectivity index (χ2v) is 6.54. The van der Waals surface area contributed by atoms with E-state index < -0.39 is 0 Å². The van der Waals surface area contributed by atoms with E-state index in [1.807, 2.05) is 53.9 Å². The molecule has 0 saturated heterocycles. The normalized spacial score (nSPS) is 11.0. The Kier molecular flexibility index (Phi) is 5.96. The molecule has 2 N–H and O–H groups in total. The number of hydrogen-bond donors (Lipinski definition) is 2. The van der Waals surface area contributed by atoms with Gasteiger partial charge in [0.05, 0.1) is 0 Å². The number of benzene rings is 2. The van der Waals surface area contributed by atoms with Crippen molar-refractivity contribution >= 4 is 29.2 Å². The summed E-state index contributed by atoms with van der Waals surface area (Å²) in [5.41, 5.74) is 1.71. The highest BCUT2D eigenvalue weighted by molar-refractivity contribution is 7.10. The minimum absolute atomic E-state index is 0.220. The average molecular weight is 362 g/mol. The molecule has 0 aliphatic carbocycles. The Morgan fingerprint density at radius 3 is 2.23 bits per heavy atom. The zero-order valence-corrected chi connectivity index (χ0v) is 14.8. The molecular weight excluding hydrogens is 344 g/mol. The lowest BCUT2D eigenvalue weighted by Gasteiger charge is -2.11. The molecule has 0 fully saturated rings. The Balaban J connectivity index is 1.75. The van der Waals surface area contributed by atoms with Crippen LogP contribution in [-0.2, 0) is 11.3 Å². The maximum Gasteiger partial charge on any atom is 0.268 e.